The van der Waals surface area contributed by atoms with E-state index in [1.165, 1.54) is 17.4 Å². The zero-order chi connectivity index (χ0) is 24.2. The molecule has 3 amide bonds. The Balaban J connectivity index is 1.49. The van der Waals surface area contributed by atoms with Crippen molar-refractivity contribution in [2.75, 3.05) is 43.1 Å². The van der Waals surface area contributed by atoms with Crippen LogP contribution in [0.1, 0.15) is 27.0 Å². The quantitative estimate of drug-likeness (QED) is 0.405. The van der Waals surface area contributed by atoms with Crippen molar-refractivity contribution in [2.24, 2.45) is 0 Å². The summed E-state index contributed by atoms with van der Waals surface area (Å²) in [5.74, 6) is -0.613. The lowest BCUT2D eigenvalue weighted by Gasteiger charge is -2.10. The molecule has 4 rings (SSSR count). The van der Waals surface area contributed by atoms with Crippen LogP contribution < -0.4 is 21.3 Å². The largest absolute Gasteiger partial charge is 0.381 e. The molecule has 3 aromatic rings. The summed E-state index contributed by atoms with van der Waals surface area (Å²) >= 11 is 1.41. The molecule has 1 unspecified atom stereocenters. The number of carbonyl (C=O) groups is 3. The van der Waals surface area contributed by atoms with E-state index in [-0.39, 0.29) is 23.8 Å². The first-order chi connectivity index (χ1) is 16.3. The van der Waals surface area contributed by atoms with E-state index >= 15 is 0 Å². The third-order valence-corrected chi connectivity index (χ3v) is 6.42. The zero-order valence-electron chi connectivity index (χ0n) is 19.3. The third-order valence-electron chi connectivity index (χ3n) is 5.25. The smallest absolute Gasteiger partial charge is 0.263 e. The Hall–Kier alpha value is -3.69. The average Bonchev–Trinajstić information content (AvgIpc) is 3.08. The lowest BCUT2D eigenvalue weighted by Crippen LogP contribution is -2.34. The van der Waals surface area contributed by atoms with E-state index in [0.717, 1.165) is 15.8 Å². The van der Waals surface area contributed by atoms with Gasteiger partial charge in [0.25, 0.3) is 11.8 Å². The summed E-state index contributed by atoms with van der Waals surface area (Å²) in [5, 5.41) is 12.8. The molecular weight excluding hydrogens is 450 g/mol. The van der Waals surface area contributed by atoms with Gasteiger partial charge in [-0.2, -0.15) is 0 Å². The highest BCUT2D eigenvalue weighted by molar-refractivity contribution is 7.21. The van der Waals surface area contributed by atoms with Gasteiger partial charge in [-0.25, -0.2) is 0 Å². The molecule has 9 heteroatoms. The SMILES string of the molecule is CC1CNc2c(sc3ccc(C(=O)Nc4cccc(NC(=O)C=CCN(C)C)c4)cc23)C(=O)N1. The molecule has 8 nitrogen and oxygen atoms in total. The summed E-state index contributed by atoms with van der Waals surface area (Å²) in [5.41, 5.74) is 2.40. The second-order valence-electron chi connectivity index (χ2n) is 8.46. The summed E-state index contributed by atoms with van der Waals surface area (Å²) in [6.07, 6.45) is 3.26. The first-order valence-corrected chi connectivity index (χ1v) is 11.8. The predicted molar refractivity (Wildman–Crippen MR) is 138 cm³/mol. The van der Waals surface area contributed by atoms with Gasteiger partial charge in [-0.05, 0) is 57.4 Å². The molecule has 2 aromatic carbocycles. The molecule has 1 aromatic heterocycles. The monoisotopic (exact) mass is 477 g/mol. The molecule has 1 aliphatic rings. The fraction of sp³-hybridized carbons (Fsp3) is 0.240. The molecule has 34 heavy (non-hydrogen) atoms. The Morgan fingerprint density at radius 3 is 2.68 bits per heavy atom. The van der Waals surface area contributed by atoms with E-state index < -0.39 is 0 Å². The lowest BCUT2D eigenvalue weighted by molar-refractivity contribution is -0.111. The van der Waals surface area contributed by atoms with Gasteiger partial charge >= 0.3 is 0 Å². The highest BCUT2D eigenvalue weighted by atomic mass is 32.1. The molecule has 0 saturated carbocycles. The normalized spacial score (nSPS) is 15.5. The standard InChI is InChI=1S/C25H27N5O3S/c1-15-14-26-22-19-12-16(9-10-20(19)34-23(22)25(33)27-15)24(32)29-18-7-4-6-17(13-18)28-21(31)8-5-11-30(2)3/h4-10,12-13,15,26H,11,14H2,1-3H3,(H,27,33)(H,28,31)(H,29,32). The summed E-state index contributed by atoms with van der Waals surface area (Å²) in [6.45, 7) is 3.23. The van der Waals surface area contributed by atoms with E-state index in [4.69, 9.17) is 0 Å². The number of hydrogen-bond acceptors (Lipinski definition) is 6. The number of carbonyl (C=O) groups excluding carboxylic acids is 3. The van der Waals surface area contributed by atoms with Gasteiger partial charge < -0.3 is 26.2 Å². The van der Waals surface area contributed by atoms with Gasteiger partial charge in [-0.3, -0.25) is 14.4 Å². The van der Waals surface area contributed by atoms with Gasteiger partial charge in [-0.15, -0.1) is 11.3 Å². The van der Waals surface area contributed by atoms with Crippen LogP contribution in [0.5, 0.6) is 0 Å². The van der Waals surface area contributed by atoms with Crippen LogP contribution in [0.2, 0.25) is 0 Å². The van der Waals surface area contributed by atoms with Gasteiger partial charge in [0.15, 0.2) is 0 Å². The zero-order valence-corrected chi connectivity index (χ0v) is 20.1. The first-order valence-electron chi connectivity index (χ1n) is 10.9. The van der Waals surface area contributed by atoms with Crippen LogP contribution in [-0.2, 0) is 4.79 Å². The molecular formula is C25H27N5O3S. The predicted octanol–water partition coefficient (Wildman–Crippen LogP) is 3.75. The fourth-order valence-electron chi connectivity index (χ4n) is 3.60. The minimum atomic E-state index is -0.275. The van der Waals surface area contributed by atoms with Crippen LogP contribution in [0.25, 0.3) is 10.1 Å². The molecule has 0 spiro atoms. The fourth-order valence-corrected chi connectivity index (χ4v) is 4.67. The van der Waals surface area contributed by atoms with Crippen LogP contribution in [0.4, 0.5) is 17.1 Å². The number of benzene rings is 2. The molecule has 0 radical (unpaired) electrons. The second kappa shape index (κ2) is 10.1. The highest BCUT2D eigenvalue weighted by Gasteiger charge is 2.24. The highest BCUT2D eigenvalue weighted by Crippen LogP contribution is 2.37. The van der Waals surface area contributed by atoms with Crippen LogP contribution in [0.3, 0.4) is 0 Å². The topological polar surface area (TPSA) is 103 Å². The van der Waals surface area contributed by atoms with Gasteiger partial charge in [0, 0.05) is 52.2 Å². The molecule has 4 N–H and O–H groups in total. The third kappa shape index (κ3) is 5.44. The molecule has 176 valence electrons. The Kier molecular flexibility index (Phi) is 6.95. The number of likely N-dealkylation sites (N-methyl/N-ethyl adjacent to an activating group) is 1. The van der Waals surface area contributed by atoms with Crippen LogP contribution in [-0.4, -0.2) is 55.8 Å². The molecule has 1 aliphatic heterocycles. The Labute approximate surface area is 202 Å². The molecule has 0 fully saturated rings. The Morgan fingerprint density at radius 2 is 1.91 bits per heavy atom. The van der Waals surface area contributed by atoms with E-state index in [9.17, 15) is 14.4 Å². The molecule has 0 aliphatic carbocycles. The van der Waals surface area contributed by atoms with Crippen molar-refractivity contribution in [1.82, 2.24) is 10.2 Å². The number of thiophene rings is 1. The van der Waals surface area contributed by atoms with Crippen molar-refractivity contribution < 1.29 is 14.4 Å². The maximum atomic E-state index is 13.0. The van der Waals surface area contributed by atoms with Gasteiger partial charge in [0.1, 0.15) is 4.88 Å². The van der Waals surface area contributed by atoms with Gasteiger partial charge in [0.2, 0.25) is 5.91 Å². The number of rotatable bonds is 6. The van der Waals surface area contributed by atoms with E-state index in [0.29, 0.717) is 34.9 Å². The summed E-state index contributed by atoms with van der Waals surface area (Å²) < 4.78 is 0.936. The number of anilines is 3. The summed E-state index contributed by atoms with van der Waals surface area (Å²) in [4.78, 5) is 40.1. The van der Waals surface area contributed by atoms with Crippen LogP contribution in [0.15, 0.2) is 54.6 Å². The first kappa shape index (κ1) is 23.5. The minimum absolute atomic E-state index is 0.0184. The van der Waals surface area contributed by atoms with Crippen molar-refractivity contribution in [3.63, 3.8) is 0 Å². The minimum Gasteiger partial charge on any atom is -0.381 e. The van der Waals surface area contributed by atoms with Gasteiger partial charge in [0.05, 0.1) is 5.69 Å². The summed E-state index contributed by atoms with van der Waals surface area (Å²) in [6, 6.07) is 12.4. The molecule has 2 heterocycles. The Morgan fingerprint density at radius 1 is 1.15 bits per heavy atom. The maximum absolute atomic E-state index is 13.0. The van der Waals surface area contributed by atoms with Crippen molar-refractivity contribution in [1.29, 1.82) is 0 Å². The van der Waals surface area contributed by atoms with Crippen molar-refractivity contribution >= 4 is 56.2 Å². The number of fused-ring (bicyclic) bond motifs is 3. The molecule has 0 bridgehead atoms. The Bertz CT molecular complexity index is 1280. The molecule has 1 atom stereocenters. The maximum Gasteiger partial charge on any atom is 0.263 e. The number of hydrogen-bond donors (Lipinski definition) is 4. The van der Waals surface area contributed by atoms with E-state index in [1.54, 1.807) is 42.5 Å². The summed E-state index contributed by atoms with van der Waals surface area (Å²) in [7, 11) is 3.85. The lowest BCUT2D eigenvalue weighted by atomic mass is 10.1. The van der Waals surface area contributed by atoms with Crippen LogP contribution in [0, 0.1) is 0 Å². The van der Waals surface area contributed by atoms with E-state index in [2.05, 4.69) is 21.3 Å². The number of nitrogens with one attached hydrogen (secondary N) is 4. The van der Waals surface area contributed by atoms with Crippen molar-refractivity contribution in [3.8, 4) is 0 Å². The number of nitrogens with zero attached hydrogens (tertiary/aromatic N) is 1. The van der Waals surface area contributed by atoms with Crippen molar-refractivity contribution in [3.05, 3.63) is 65.1 Å². The average molecular weight is 478 g/mol. The number of amides is 3. The second-order valence-corrected chi connectivity index (χ2v) is 9.51. The van der Waals surface area contributed by atoms with Crippen LogP contribution >= 0.6 is 11.3 Å². The molecule has 0 saturated heterocycles. The van der Waals surface area contributed by atoms with Gasteiger partial charge in [-0.1, -0.05) is 12.1 Å². The van der Waals surface area contributed by atoms with E-state index in [1.807, 2.05) is 32.0 Å². The van der Waals surface area contributed by atoms with Crippen molar-refractivity contribution in [2.45, 2.75) is 13.0 Å².